The summed E-state index contributed by atoms with van der Waals surface area (Å²) < 4.78 is 16.5. The van der Waals surface area contributed by atoms with Crippen molar-refractivity contribution in [2.24, 2.45) is 0 Å². The molecule has 0 unspecified atom stereocenters. The topological polar surface area (TPSA) is 85.8 Å². The lowest BCUT2D eigenvalue weighted by Crippen LogP contribution is -2.04. The standard InChI is InChI=1S/C16H10FN5O2/c17-12-2-1-10-3-4-21(13(10)5-12)14-7-18-8-15(20-14)22-9-11(6-19-22)16(23)24/h1-9H,(H,23,24). The van der Waals surface area contributed by atoms with Crippen LogP contribution in [0.5, 0.6) is 0 Å². The smallest absolute Gasteiger partial charge is 0.338 e. The van der Waals surface area contributed by atoms with E-state index in [1.54, 1.807) is 16.8 Å². The summed E-state index contributed by atoms with van der Waals surface area (Å²) in [5.74, 6) is -0.583. The molecule has 4 rings (SSSR count). The second kappa shape index (κ2) is 5.27. The molecule has 0 aliphatic heterocycles. The van der Waals surface area contributed by atoms with E-state index < -0.39 is 5.97 Å². The van der Waals surface area contributed by atoms with Gasteiger partial charge in [0, 0.05) is 17.8 Å². The van der Waals surface area contributed by atoms with E-state index in [2.05, 4.69) is 15.1 Å². The first kappa shape index (κ1) is 14.1. The lowest BCUT2D eigenvalue weighted by molar-refractivity contribution is 0.0697. The van der Waals surface area contributed by atoms with Crippen LogP contribution in [0.4, 0.5) is 4.39 Å². The maximum Gasteiger partial charge on any atom is 0.338 e. The summed E-state index contributed by atoms with van der Waals surface area (Å²) in [7, 11) is 0. The summed E-state index contributed by atoms with van der Waals surface area (Å²) in [5.41, 5.74) is 0.712. The lowest BCUT2D eigenvalue weighted by Gasteiger charge is -2.06. The Balaban J connectivity index is 1.81. The predicted octanol–water partition coefficient (Wildman–Crippen LogP) is 2.44. The SMILES string of the molecule is O=C(O)c1cnn(-c2cncc(-n3ccc4ccc(F)cc43)n2)c1. The van der Waals surface area contributed by atoms with E-state index in [1.807, 2.05) is 6.07 Å². The van der Waals surface area contributed by atoms with Crippen LogP contribution in [0.3, 0.4) is 0 Å². The molecule has 8 heteroatoms. The number of aromatic carboxylic acids is 1. The van der Waals surface area contributed by atoms with Crippen molar-refractivity contribution in [1.82, 2.24) is 24.3 Å². The van der Waals surface area contributed by atoms with Crippen molar-refractivity contribution in [3.63, 3.8) is 0 Å². The van der Waals surface area contributed by atoms with Crippen molar-refractivity contribution in [2.75, 3.05) is 0 Å². The van der Waals surface area contributed by atoms with Crippen molar-refractivity contribution in [1.29, 1.82) is 0 Å². The lowest BCUT2D eigenvalue weighted by atomic mass is 10.2. The number of nitrogens with zero attached hydrogens (tertiary/aromatic N) is 5. The fourth-order valence-corrected chi connectivity index (χ4v) is 2.43. The molecule has 0 bridgehead atoms. The molecule has 118 valence electrons. The van der Waals surface area contributed by atoms with E-state index >= 15 is 0 Å². The summed E-state index contributed by atoms with van der Waals surface area (Å²) in [6.07, 6.45) is 7.36. The number of fused-ring (bicyclic) bond motifs is 1. The zero-order valence-electron chi connectivity index (χ0n) is 12.2. The van der Waals surface area contributed by atoms with E-state index in [1.165, 1.54) is 41.6 Å². The summed E-state index contributed by atoms with van der Waals surface area (Å²) in [5, 5.41) is 13.8. The number of hydrogen-bond acceptors (Lipinski definition) is 4. The van der Waals surface area contributed by atoms with Gasteiger partial charge in [-0.05, 0) is 24.3 Å². The molecule has 0 aliphatic rings. The molecule has 3 aromatic heterocycles. The Morgan fingerprint density at radius 1 is 1.12 bits per heavy atom. The minimum atomic E-state index is -1.07. The zero-order chi connectivity index (χ0) is 16.7. The molecule has 0 aliphatic carbocycles. The van der Waals surface area contributed by atoms with Crippen LogP contribution in [0, 0.1) is 5.82 Å². The van der Waals surface area contributed by atoms with Gasteiger partial charge in [0.2, 0.25) is 0 Å². The van der Waals surface area contributed by atoms with Crippen molar-refractivity contribution < 1.29 is 14.3 Å². The van der Waals surface area contributed by atoms with Gasteiger partial charge < -0.3 is 5.11 Å². The molecule has 0 radical (unpaired) electrons. The monoisotopic (exact) mass is 323 g/mol. The minimum Gasteiger partial charge on any atom is -0.478 e. The van der Waals surface area contributed by atoms with Crippen LogP contribution in [0.25, 0.3) is 22.5 Å². The van der Waals surface area contributed by atoms with Crippen LogP contribution in [-0.2, 0) is 0 Å². The molecule has 24 heavy (non-hydrogen) atoms. The largest absolute Gasteiger partial charge is 0.478 e. The van der Waals surface area contributed by atoms with Gasteiger partial charge >= 0.3 is 5.97 Å². The highest BCUT2D eigenvalue weighted by molar-refractivity contribution is 5.87. The van der Waals surface area contributed by atoms with Gasteiger partial charge in [-0.15, -0.1) is 0 Å². The number of carboxylic acids is 1. The van der Waals surface area contributed by atoms with Crippen molar-refractivity contribution in [2.45, 2.75) is 0 Å². The summed E-state index contributed by atoms with van der Waals surface area (Å²) >= 11 is 0. The van der Waals surface area contributed by atoms with E-state index in [0.717, 1.165) is 5.39 Å². The second-order valence-electron chi connectivity index (χ2n) is 5.10. The van der Waals surface area contributed by atoms with Crippen LogP contribution in [0.1, 0.15) is 10.4 Å². The fraction of sp³-hybridized carbons (Fsp3) is 0. The number of carbonyl (C=O) groups is 1. The molecule has 0 atom stereocenters. The van der Waals surface area contributed by atoms with E-state index in [-0.39, 0.29) is 11.4 Å². The first-order valence-corrected chi connectivity index (χ1v) is 6.99. The number of carboxylic acid groups (broad SMARTS) is 1. The van der Waals surface area contributed by atoms with Gasteiger partial charge in [0.1, 0.15) is 5.82 Å². The molecule has 0 saturated carbocycles. The van der Waals surface area contributed by atoms with Crippen molar-refractivity contribution in [3.8, 4) is 11.6 Å². The maximum atomic E-state index is 13.5. The van der Waals surface area contributed by atoms with Crippen LogP contribution in [0.2, 0.25) is 0 Å². The Morgan fingerprint density at radius 2 is 1.96 bits per heavy atom. The Labute approximate surface area is 134 Å². The number of halogens is 1. The third-order valence-electron chi connectivity index (χ3n) is 3.58. The molecular formula is C16H10FN5O2. The average Bonchev–Trinajstić information content (AvgIpc) is 3.22. The Kier molecular flexibility index (Phi) is 3.09. The number of benzene rings is 1. The highest BCUT2D eigenvalue weighted by Gasteiger charge is 2.10. The summed E-state index contributed by atoms with van der Waals surface area (Å²) in [6.45, 7) is 0. The molecule has 7 nitrogen and oxygen atoms in total. The third-order valence-corrected chi connectivity index (χ3v) is 3.58. The van der Waals surface area contributed by atoms with E-state index in [9.17, 15) is 9.18 Å². The average molecular weight is 323 g/mol. The Morgan fingerprint density at radius 3 is 2.75 bits per heavy atom. The fourth-order valence-electron chi connectivity index (χ4n) is 2.43. The third kappa shape index (κ3) is 2.30. The minimum absolute atomic E-state index is 0.0516. The molecule has 1 aromatic carbocycles. The van der Waals surface area contributed by atoms with Crippen LogP contribution < -0.4 is 0 Å². The van der Waals surface area contributed by atoms with Gasteiger partial charge in [-0.2, -0.15) is 5.10 Å². The second-order valence-corrected chi connectivity index (χ2v) is 5.10. The van der Waals surface area contributed by atoms with Crippen molar-refractivity contribution in [3.05, 3.63) is 66.6 Å². The van der Waals surface area contributed by atoms with Gasteiger partial charge in [0.25, 0.3) is 0 Å². The first-order chi connectivity index (χ1) is 11.6. The summed E-state index contributed by atoms with van der Waals surface area (Å²) in [4.78, 5) is 19.5. The quantitative estimate of drug-likeness (QED) is 0.626. The molecule has 0 amide bonds. The molecule has 1 N–H and O–H groups in total. The molecule has 0 fully saturated rings. The Hall–Kier alpha value is -3.55. The number of rotatable bonds is 3. The number of aromatic nitrogens is 5. The van der Waals surface area contributed by atoms with Crippen LogP contribution in [0.15, 0.2) is 55.2 Å². The van der Waals surface area contributed by atoms with Gasteiger partial charge in [-0.25, -0.2) is 18.9 Å². The Bertz CT molecular complexity index is 1070. The van der Waals surface area contributed by atoms with Gasteiger partial charge in [0.05, 0.1) is 29.7 Å². The van der Waals surface area contributed by atoms with Crippen molar-refractivity contribution >= 4 is 16.9 Å². The van der Waals surface area contributed by atoms with Gasteiger partial charge in [0.15, 0.2) is 11.6 Å². The molecule has 0 saturated heterocycles. The van der Waals surface area contributed by atoms with Gasteiger partial charge in [-0.3, -0.25) is 9.55 Å². The zero-order valence-corrected chi connectivity index (χ0v) is 12.2. The molecule has 0 spiro atoms. The number of hydrogen-bond donors (Lipinski definition) is 1. The van der Waals surface area contributed by atoms with E-state index in [0.29, 0.717) is 17.2 Å². The molecule has 4 aromatic rings. The van der Waals surface area contributed by atoms with E-state index in [4.69, 9.17) is 5.11 Å². The highest BCUT2D eigenvalue weighted by atomic mass is 19.1. The molecular weight excluding hydrogens is 313 g/mol. The first-order valence-electron chi connectivity index (χ1n) is 6.99. The normalized spacial score (nSPS) is 11.0. The summed E-state index contributed by atoms with van der Waals surface area (Å²) in [6, 6.07) is 6.34. The maximum absolute atomic E-state index is 13.5. The van der Waals surface area contributed by atoms with Crippen LogP contribution >= 0.6 is 0 Å². The van der Waals surface area contributed by atoms with Crippen LogP contribution in [-0.4, -0.2) is 35.4 Å². The highest BCUT2D eigenvalue weighted by Crippen LogP contribution is 2.20. The predicted molar refractivity (Wildman–Crippen MR) is 82.9 cm³/mol. The molecule has 3 heterocycles. The van der Waals surface area contributed by atoms with Gasteiger partial charge in [-0.1, -0.05) is 0 Å².